The van der Waals surface area contributed by atoms with Crippen LogP contribution < -0.4 is 0 Å². The summed E-state index contributed by atoms with van der Waals surface area (Å²) in [6.45, 7) is 8.00. The highest BCUT2D eigenvalue weighted by atomic mass is 32.1. The quantitative estimate of drug-likeness (QED) is 0.241. The van der Waals surface area contributed by atoms with Crippen LogP contribution in [0.3, 0.4) is 0 Å². The lowest BCUT2D eigenvalue weighted by molar-refractivity contribution is 1.18. The Hall–Kier alpha value is -3.28. The molecule has 33 heavy (non-hydrogen) atoms. The molecule has 0 N–H and O–H groups in total. The predicted molar refractivity (Wildman–Crippen MR) is 147 cm³/mol. The van der Waals surface area contributed by atoms with Gasteiger partial charge >= 0.3 is 0 Å². The lowest BCUT2D eigenvalue weighted by Gasteiger charge is -2.07. The van der Waals surface area contributed by atoms with E-state index in [2.05, 4.69) is 76.3 Å². The molecule has 7 rings (SSSR count). The largest absolute Gasteiger partial charge is 0.308 e. The Morgan fingerprint density at radius 3 is 2.33 bits per heavy atom. The molecule has 0 aliphatic heterocycles. The highest BCUT2D eigenvalue weighted by molar-refractivity contribution is 7.26. The van der Waals surface area contributed by atoms with Crippen molar-refractivity contribution in [1.82, 2.24) is 14.5 Å². The number of thiazole rings is 1. The highest BCUT2D eigenvalue weighted by Crippen LogP contribution is 2.42. The van der Waals surface area contributed by atoms with Crippen molar-refractivity contribution < 1.29 is 0 Å². The van der Waals surface area contributed by atoms with E-state index in [1.165, 1.54) is 35.8 Å². The number of aromatic nitrogens is 3. The van der Waals surface area contributed by atoms with Crippen LogP contribution in [0.1, 0.15) is 27.7 Å². The summed E-state index contributed by atoms with van der Waals surface area (Å²) in [4.78, 5) is 9.43. The smallest absolute Gasteiger partial charge is 0.0896 e. The van der Waals surface area contributed by atoms with Crippen LogP contribution in [0.15, 0.2) is 78.4 Å². The van der Waals surface area contributed by atoms with Crippen LogP contribution in [0.25, 0.3) is 58.0 Å². The molecule has 7 aromatic rings. The van der Waals surface area contributed by atoms with Crippen LogP contribution in [0.2, 0.25) is 0 Å². The van der Waals surface area contributed by atoms with Crippen molar-refractivity contribution in [2.24, 2.45) is 0 Å². The Labute approximate surface area is 201 Å². The molecule has 4 aromatic heterocycles. The number of para-hydroxylation sites is 1. The molecule has 0 fully saturated rings. The van der Waals surface area contributed by atoms with E-state index in [1.54, 1.807) is 11.3 Å². The fourth-order valence-electron chi connectivity index (χ4n) is 4.34. The second-order valence-corrected chi connectivity index (χ2v) is 9.09. The van der Waals surface area contributed by atoms with Gasteiger partial charge in [-0.1, -0.05) is 64.1 Å². The maximum Gasteiger partial charge on any atom is 0.0896 e. The van der Waals surface area contributed by atoms with Crippen LogP contribution in [-0.2, 0) is 0 Å². The lowest BCUT2D eigenvalue weighted by atomic mass is 10.1. The minimum absolute atomic E-state index is 1.04. The summed E-state index contributed by atoms with van der Waals surface area (Å²) in [6, 6.07) is 23.7. The lowest BCUT2D eigenvalue weighted by Crippen LogP contribution is -1.93. The van der Waals surface area contributed by atoms with E-state index in [1.807, 2.05) is 50.7 Å². The van der Waals surface area contributed by atoms with Crippen LogP contribution in [0.4, 0.5) is 0 Å². The molecule has 0 radical (unpaired) electrons. The number of fused-ring (bicyclic) bond motifs is 8. The SMILES string of the molecule is CC.CC.c1ccc2c(c1)sc1c2ncc2c1c1ccccc1n2-c1ccc2scnc2c1. The number of hydrogen-bond donors (Lipinski definition) is 0. The standard InChI is InChI=1S/C24H13N3S2.2C2H6/c1-3-7-18-15(5-1)22-19(27(18)14-9-10-21-17(11-14)26-13-28-21)12-25-23-16-6-2-4-8-20(16)29-24(22)23;2*1-2/h1-13H;2*1-2H3. The molecule has 0 aliphatic carbocycles. The Morgan fingerprint density at radius 1 is 0.727 bits per heavy atom. The van der Waals surface area contributed by atoms with Gasteiger partial charge in [0.05, 0.1) is 43.2 Å². The van der Waals surface area contributed by atoms with Crippen molar-refractivity contribution in [3.8, 4) is 5.69 Å². The van der Waals surface area contributed by atoms with Gasteiger partial charge in [-0.25, -0.2) is 4.98 Å². The third kappa shape index (κ3) is 3.31. The third-order valence-corrected chi connectivity index (χ3v) is 7.58. The zero-order chi connectivity index (χ0) is 22.9. The van der Waals surface area contributed by atoms with E-state index in [0.717, 1.165) is 22.2 Å². The van der Waals surface area contributed by atoms with Crippen LogP contribution >= 0.6 is 22.7 Å². The third-order valence-electron chi connectivity index (χ3n) is 5.60. The Bertz CT molecular complexity index is 1720. The second-order valence-electron chi connectivity index (χ2n) is 7.15. The summed E-state index contributed by atoms with van der Waals surface area (Å²) >= 11 is 3.51. The molecule has 0 aliphatic rings. The molecule has 0 amide bonds. The average Bonchev–Trinajstić information content (AvgIpc) is 3.59. The van der Waals surface area contributed by atoms with Crippen molar-refractivity contribution in [3.63, 3.8) is 0 Å². The Balaban J connectivity index is 0.000000544. The molecule has 0 atom stereocenters. The molecule has 3 aromatic carbocycles. The van der Waals surface area contributed by atoms with Gasteiger partial charge in [-0.15, -0.1) is 22.7 Å². The first-order valence-corrected chi connectivity index (χ1v) is 13.1. The minimum Gasteiger partial charge on any atom is -0.308 e. The molecule has 0 unspecified atom stereocenters. The van der Waals surface area contributed by atoms with Gasteiger partial charge in [-0.2, -0.15) is 0 Å². The number of hydrogen-bond acceptors (Lipinski definition) is 4. The summed E-state index contributed by atoms with van der Waals surface area (Å²) in [5.74, 6) is 0. The molecule has 0 saturated carbocycles. The maximum atomic E-state index is 4.91. The van der Waals surface area contributed by atoms with Gasteiger partial charge in [0, 0.05) is 26.5 Å². The van der Waals surface area contributed by atoms with Crippen molar-refractivity contribution >= 4 is 75.0 Å². The van der Waals surface area contributed by atoms with Crippen LogP contribution in [-0.4, -0.2) is 14.5 Å². The molecular weight excluding hydrogens is 442 g/mol. The van der Waals surface area contributed by atoms with E-state index in [0.29, 0.717) is 0 Å². The van der Waals surface area contributed by atoms with Gasteiger partial charge in [0.15, 0.2) is 0 Å². The van der Waals surface area contributed by atoms with E-state index >= 15 is 0 Å². The zero-order valence-electron chi connectivity index (χ0n) is 19.2. The number of nitrogens with zero attached hydrogens (tertiary/aromatic N) is 3. The first kappa shape index (κ1) is 21.6. The van der Waals surface area contributed by atoms with Crippen LogP contribution in [0, 0.1) is 0 Å². The average molecular weight is 468 g/mol. The summed E-state index contributed by atoms with van der Waals surface area (Å²) < 4.78 is 6.07. The predicted octanol–water partition coefficient (Wildman–Crippen LogP) is 9.21. The molecule has 5 heteroatoms. The first-order chi connectivity index (χ1) is 16.4. The monoisotopic (exact) mass is 467 g/mol. The summed E-state index contributed by atoms with van der Waals surface area (Å²) in [5, 5.41) is 3.78. The van der Waals surface area contributed by atoms with Gasteiger partial charge in [-0.3, -0.25) is 4.98 Å². The molecule has 164 valence electrons. The molecule has 4 heterocycles. The van der Waals surface area contributed by atoms with E-state index in [9.17, 15) is 0 Å². The van der Waals surface area contributed by atoms with Crippen molar-refractivity contribution in [2.75, 3.05) is 0 Å². The van der Waals surface area contributed by atoms with Crippen LogP contribution in [0.5, 0.6) is 0 Å². The van der Waals surface area contributed by atoms with Gasteiger partial charge < -0.3 is 4.57 Å². The summed E-state index contributed by atoms with van der Waals surface area (Å²) in [5.41, 5.74) is 7.49. The second kappa shape index (κ2) is 8.93. The fourth-order valence-corrected chi connectivity index (χ4v) is 6.22. The van der Waals surface area contributed by atoms with Gasteiger partial charge in [0.1, 0.15) is 0 Å². The van der Waals surface area contributed by atoms with E-state index in [-0.39, 0.29) is 0 Å². The zero-order valence-corrected chi connectivity index (χ0v) is 20.8. The molecule has 0 spiro atoms. The van der Waals surface area contributed by atoms with Gasteiger partial charge in [0.2, 0.25) is 0 Å². The maximum absolute atomic E-state index is 4.91. The number of pyridine rings is 1. The van der Waals surface area contributed by atoms with Crippen molar-refractivity contribution in [1.29, 1.82) is 0 Å². The van der Waals surface area contributed by atoms with Gasteiger partial charge in [-0.05, 0) is 30.3 Å². The summed E-state index contributed by atoms with van der Waals surface area (Å²) in [7, 11) is 0. The fraction of sp³-hybridized carbons (Fsp3) is 0.143. The molecule has 0 saturated heterocycles. The van der Waals surface area contributed by atoms with Gasteiger partial charge in [0.25, 0.3) is 0 Å². The summed E-state index contributed by atoms with van der Waals surface area (Å²) in [6.07, 6.45) is 2.03. The van der Waals surface area contributed by atoms with Crippen molar-refractivity contribution in [3.05, 3.63) is 78.4 Å². The topological polar surface area (TPSA) is 30.7 Å². The number of rotatable bonds is 1. The highest BCUT2D eigenvalue weighted by Gasteiger charge is 2.18. The first-order valence-electron chi connectivity index (χ1n) is 11.4. The van der Waals surface area contributed by atoms with E-state index in [4.69, 9.17) is 4.98 Å². The Kier molecular flexibility index (Phi) is 5.83. The number of thiophene rings is 1. The van der Waals surface area contributed by atoms with Crippen molar-refractivity contribution in [2.45, 2.75) is 27.7 Å². The number of benzene rings is 3. The van der Waals surface area contributed by atoms with E-state index < -0.39 is 0 Å². The normalized spacial score (nSPS) is 11.0. The minimum atomic E-state index is 1.04. The Morgan fingerprint density at radius 2 is 1.48 bits per heavy atom. The molecular formula is C28H25N3S2. The molecule has 0 bridgehead atoms. The molecule has 3 nitrogen and oxygen atoms in total.